The van der Waals surface area contributed by atoms with E-state index in [0.29, 0.717) is 23.0 Å². The van der Waals surface area contributed by atoms with Crippen LogP contribution in [0.5, 0.6) is 0 Å². The van der Waals surface area contributed by atoms with E-state index in [9.17, 15) is 13.5 Å². The van der Waals surface area contributed by atoms with Gasteiger partial charge in [-0.2, -0.15) is 4.98 Å². The Labute approximate surface area is 209 Å². The first kappa shape index (κ1) is 25.3. The molecule has 2 heterocycles. The minimum Gasteiger partial charge on any atom is -0.420 e. The quantitative estimate of drug-likeness (QED) is 0.318. The fraction of sp³-hybridized carbons (Fsp3) is 0.280. The summed E-state index contributed by atoms with van der Waals surface area (Å²) in [7, 11) is -3.30. The zero-order valence-electron chi connectivity index (χ0n) is 20.4. The van der Waals surface area contributed by atoms with Gasteiger partial charge < -0.3 is 20.2 Å². The summed E-state index contributed by atoms with van der Waals surface area (Å²) in [6.45, 7) is 5.73. The molecular formula is C25H28N6O4S. The Hall–Kier alpha value is -3.83. The molecule has 36 heavy (non-hydrogen) atoms. The van der Waals surface area contributed by atoms with Gasteiger partial charge in [-0.3, -0.25) is 0 Å². The van der Waals surface area contributed by atoms with E-state index in [1.54, 1.807) is 18.3 Å². The van der Waals surface area contributed by atoms with E-state index in [1.807, 2.05) is 51.1 Å². The number of nitrogens with one attached hydrogen (secondary N) is 2. The number of aromatic nitrogens is 4. The number of benzene rings is 2. The van der Waals surface area contributed by atoms with Crippen molar-refractivity contribution in [3.05, 3.63) is 72.2 Å². The van der Waals surface area contributed by atoms with Crippen molar-refractivity contribution >= 4 is 27.3 Å². The second kappa shape index (κ2) is 10.0. The third kappa shape index (κ3) is 5.86. The lowest BCUT2D eigenvalue weighted by Gasteiger charge is -2.19. The molecule has 0 saturated carbocycles. The van der Waals surface area contributed by atoms with Gasteiger partial charge in [0.05, 0.1) is 23.1 Å². The highest BCUT2D eigenvalue weighted by Crippen LogP contribution is 2.32. The van der Waals surface area contributed by atoms with Crippen LogP contribution in [0.25, 0.3) is 11.5 Å². The number of hydrogen-bond donors (Lipinski definition) is 3. The van der Waals surface area contributed by atoms with Gasteiger partial charge in [-0.15, -0.1) is 10.2 Å². The Bertz CT molecular complexity index is 1430. The van der Waals surface area contributed by atoms with Gasteiger partial charge in [0.2, 0.25) is 11.8 Å². The van der Waals surface area contributed by atoms with Crippen molar-refractivity contribution in [1.29, 1.82) is 0 Å². The Morgan fingerprint density at radius 3 is 2.31 bits per heavy atom. The van der Waals surface area contributed by atoms with Crippen molar-refractivity contribution in [1.82, 2.24) is 20.2 Å². The molecule has 0 aliphatic carbocycles. The average Bonchev–Trinajstić information content (AvgIpc) is 3.34. The molecule has 2 aromatic heterocycles. The van der Waals surface area contributed by atoms with E-state index < -0.39 is 15.9 Å². The lowest BCUT2D eigenvalue weighted by atomic mass is 9.97. The Balaban J connectivity index is 1.70. The molecule has 0 aliphatic rings. The molecule has 0 unspecified atom stereocenters. The van der Waals surface area contributed by atoms with Crippen molar-refractivity contribution in [2.24, 2.45) is 0 Å². The SMILES string of the molecule is CC(C)(C)c1nnc(-c2cnc(Nc3ccc(S(C)(=O)=O)cc3)nc2N[C@H](CO)c2ccccc2)o1. The summed E-state index contributed by atoms with van der Waals surface area (Å²) < 4.78 is 29.4. The van der Waals surface area contributed by atoms with Crippen LogP contribution in [0.4, 0.5) is 17.5 Å². The second-order valence-corrected chi connectivity index (χ2v) is 11.3. The van der Waals surface area contributed by atoms with Gasteiger partial charge in [-0.1, -0.05) is 51.1 Å². The summed E-state index contributed by atoms with van der Waals surface area (Å²) in [6.07, 6.45) is 2.71. The third-order valence-corrected chi connectivity index (χ3v) is 6.45. The number of aliphatic hydroxyl groups is 1. The van der Waals surface area contributed by atoms with Crippen molar-refractivity contribution in [3.8, 4) is 11.5 Å². The minimum absolute atomic E-state index is 0.180. The molecule has 0 amide bonds. The summed E-state index contributed by atoms with van der Waals surface area (Å²) in [5.41, 5.74) is 1.62. The van der Waals surface area contributed by atoms with E-state index in [2.05, 4.69) is 30.8 Å². The molecular weight excluding hydrogens is 480 g/mol. The molecule has 2 aromatic carbocycles. The highest BCUT2D eigenvalue weighted by molar-refractivity contribution is 7.90. The van der Waals surface area contributed by atoms with Gasteiger partial charge in [-0.05, 0) is 29.8 Å². The van der Waals surface area contributed by atoms with Crippen LogP contribution >= 0.6 is 0 Å². The smallest absolute Gasteiger partial charge is 0.253 e. The third-order valence-electron chi connectivity index (χ3n) is 5.32. The Kier molecular flexibility index (Phi) is 7.04. The normalized spacial score (nSPS) is 12.8. The van der Waals surface area contributed by atoms with Crippen molar-refractivity contribution in [2.75, 3.05) is 23.5 Å². The summed E-state index contributed by atoms with van der Waals surface area (Å²) in [4.78, 5) is 9.21. The molecule has 3 N–H and O–H groups in total. The Morgan fingerprint density at radius 2 is 1.72 bits per heavy atom. The van der Waals surface area contributed by atoms with Gasteiger partial charge in [0.25, 0.3) is 5.89 Å². The Morgan fingerprint density at radius 1 is 1.03 bits per heavy atom. The molecule has 0 saturated heterocycles. The molecule has 0 radical (unpaired) electrons. The predicted octanol–water partition coefficient (Wildman–Crippen LogP) is 4.12. The van der Waals surface area contributed by atoms with Gasteiger partial charge >= 0.3 is 0 Å². The molecule has 1 atom stereocenters. The highest BCUT2D eigenvalue weighted by Gasteiger charge is 2.24. The van der Waals surface area contributed by atoms with Crippen LogP contribution < -0.4 is 10.6 Å². The van der Waals surface area contributed by atoms with E-state index in [0.717, 1.165) is 11.8 Å². The number of sulfone groups is 1. The number of aliphatic hydroxyl groups excluding tert-OH is 1. The van der Waals surface area contributed by atoms with Crippen LogP contribution in [0.3, 0.4) is 0 Å². The van der Waals surface area contributed by atoms with Crippen molar-refractivity contribution in [3.63, 3.8) is 0 Å². The van der Waals surface area contributed by atoms with E-state index >= 15 is 0 Å². The van der Waals surface area contributed by atoms with Gasteiger partial charge in [0, 0.05) is 23.6 Å². The van der Waals surface area contributed by atoms with Gasteiger partial charge in [0.1, 0.15) is 5.82 Å². The van der Waals surface area contributed by atoms with Crippen LogP contribution in [-0.2, 0) is 15.3 Å². The van der Waals surface area contributed by atoms with Gasteiger partial charge in [-0.25, -0.2) is 13.4 Å². The molecule has 188 valence electrons. The molecule has 10 nitrogen and oxygen atoms in total. The summed E-state index contributed by atoms with van der Waals surface area (Å²) in [6, 6.07) is 15.3. The lowest BCUT2D eigenvalue weighted by Crippen LogP contribution is -2.17. The monoisotopic (exact) mass is 508 g/mol. The van der Waals surface area contributed by atoms with Crippen LogP contribution in [0.2, 0.25) is 0 Å². The molecule has 0 bridgehead atoms. The summed E-state index contributed by atoms with van der Waals surface area (Å²) in [5, 5.41) is 24.8. The first-order valence-corrected chi connectivity index (χ1v) is 13.1. The molecule has 0 aliphatic heterocycles. The van der Waals surface area contributed by atoms with Gasteiger partial charge in [0.15, 0.2) is 9.84 Å². The zero-order chi connectivity index (χ0) is 25.9. The molecule has 4 rings (SSSR count). The van der Waals surface area contributed by atoms with E-state index in [1.165, 1.54) is 12.1 Å². The maximum Gasteiger partial charge on any atom is 0.253 e. The van der Waals surface area contributed by atoms with Crippen molar-refractivity contribution < 1.29 is 17.9 Å². The first-order chi connectivity index (χ1) is 17.0. The largest absolute Gasteiger partial charge is 0.420 e. The fourth-order valence-corrected chi connectivity index (χ4v) is 3.97. The molecule has 0 fully saturated rings. The zero-order valence-corrected chi connectivity index (χ0v) is 21.2. The number of anilines is 3. The minimum atomic E-state index is -3.30. The van der Waals surface area contributed by atoms with Crippen molar-refractivity contribution in [2.45, 2.75) is 37.1 Å². The number of rotatable bonds is 8. The van der Waals surface area contributed by atoms with Crippen LogP contribution in [0, 0.1) is 0 Å². The maximum absolute atomic E-state index is 11.7. The van der Waals surface area contributed by atoms with Crippen LogP contribution in [-0.4, -0.2) is 46.6 Å². The van der Waals surface area contributed by atoms with E-state index in [4.69, 9.17) is 4.42 Å². The molecule has 4 aromatic rings. The standard InChI is InChI=1S/C25H28N6O4S/c1-25(2,3)23-31-30-22(35-23)19-14-26-24(27-17-10-12-18(13-11-17)36(4,33)34)29-21(19)28-20(15-32)16-8-6-5-7-9-16/h5-14,20,32H,15H2,1-4H3,(H2,26,27,28,29)/t20-/m1/s1. The summed E-state index contributed by atoms with van der Waals surface area (Å²) >= 11 is 0. The molecule has 11 heteroatoms. The highest BCUT2D eigenvalue weighted by atomic mass is 32.2. The summed E-state index contributed by atoms with van der Waals surface area (Å²) in [5.74, 6) is 1.36. The average molecular weight is 509 g/mol. The predicted molar refractivity (Wildman–Crippen MR) is 137 cm³/mol. The van der Waals surface area contributed by atoms with Crippen LogP contribution in [0.15, 0.2) is 70.1 Å². The fourth-order valence-electron chi connectivity index (χ4n) is 3.34. The van der Waals surface area contributed by atoms with Crippen LogP contribution in [0.1, 0.15) is 38.3 Å². The lowest BCUT2D eigenvalue weighted by molar-refractivity contribution is 0.276. The van der Waals surface area contributed by atoms with E-state index in [-0.39, 0.29) is 28.8 Å². The molecule has 0 spiro atoms. The first-order valence-electron chi connectivity index (χ1n) is 11.3. The number of hydrogen-bond acceptors (Lipinski definition) is 10. The topological polar surface area (TPSA) is 143 Å². The second-order valence-electron chi connectivity index (χ2n) is 9.33. The number of nitrogens with zero attached hydrogens (tertiary/aromatic N) is 4. The maximum atomic E-state index is 11.7.